The SMILES string of the molecule is CCn1nc(C(=O)NCc2csc(-c3ccc(OC)cc3)n2)ccc1=O. The first-order chi connectivity index (χ1) is 12.6. The smallest absolute Gasteiger partial charge is 0.272 e. The lowest BCUT2D eigenvalue weighted by Crippen LogP contribution is -2.29. The van der Waals surface area contributed by atoms with Crippen LogP contribution in [-0.2, 0) is 13.1 Å². The highest BCUT2D eigenvalue weighted by Crippen LogP contribution is 2.25. The minimum absolute atomic E-state index is 0.206. The maximum Gasteiger partial charge on any atom is 0.272 e. The van der Waals surface area contributed by atoms with Gasteiger partial charge >= 0.3 is 0 Å². The van der Waals surface area contributed by atoms with Crippen LogP contribution in [0.1, 0.15) is 23.1 Å². The summed E-state index contributed by atoms with van der Waals surface area (Å²) in [5.74, 6) is 0.449. The Bertz CT molecular complexity index is 963. The number of benzene rings is 1. The fourth-order valence-corrected chi connectivity index (χ4v) is 3.14. The quantitative estimate of drug-likeness (QED) is 0.720. The molecule has 3 rings (SSSR count). The Labute approximate surface area is 154 Å². The van der Waals surface area contributed by atoms with Crippen LogP contribution in [0.2, 0.25) is 0 Å². The fraction of sp³-hybridized carbons (Fsp3) is 0.222. The molecule has 0 saturated carbocycles. The highest BCUT2D eigenvalue weighted by molar-refractivity contribution is 7.13. The van der Waals surface area contributed by atoms with Crippen molar-refractivity contribution in [2.45, 2.75) is 20.0 Å². The summed E-state index contributed by atoms with van der Waals surface area (Å²) in [6.45, 7) is 2.50. The minimum Gasteiger partial charge on any atom is -0.497 e. The number of hydrogen-bond donors (Lipinski definition) is 1. The molecule has 1 N–H and O–H groups in total. The number of thiazole rings is 1. The fourth-order valence-electron chi connectivity index (χ4n) is 2.31. The van der Waals surface area contributed by atoms with Gasteiger partial charge in [0.05, 0.1) is 19.3 Å². The number of carbonyl (C=O) groups is 1. The molecule has 0 aliphatic rings. The summed E-state index contributed by atoms with van der Waals surface area (Å²) >= 11 is 1.51. The molecule has 0 aliphatic carbocycles. The summed E-state index contributed by atoms with van der Waals surface area (Å²) in [5, 5.41) is 9.58. The lowest BCUT2D eigenvalue weighted by atomic mass is 10.2. The predicted molar refractivity (Wildman–Crippen MR) is 99.4 cm³/mol. The van der Waals surface area contributed by atoms with Gasteiger partial charge in [0.15, 0.2) is 0 Å². The first-order valence-corrected chi connectivity index (χ1v) is 8.94. The van der Waals surface area contributed by atoms with E-state index in [4.69, 9.17) is 4.74 Å². The number of rotatable bonds is 6. The van der Waals surface area contributed by atoms with Crippen molar-refractivity contribution >= 4 is 17.2 Å². The van der Waals surface area contributed by atoms with Crippen molar-refractivity contribution in [2.75, 3.05) is 7.11 Å². The first-order valence-electron chi connectivity index (χ1n) is 8.06. The van der Waals surface area contributed by atoms with Crippen molar-refractivity contribution in [3.8, 4) is 16.3 Å². The van der Waals surface area contributed by atoms with Gasteiger partial charge in [0.25, 0.3) is 11.5 Å². The van der Waals surface area contributed by atoms with Crippen molar-refractivity contribution in [3.05, 3.63) is 63.5 Å². The second-order valence-electron chi connectivity index (χ2n) is 5.43. The number of aromatic nitrogens is 3. The van der Waals surface area contributed by atoms with Gasteiger partial charge in [0, 0.05) is 23.6 Å². The highest BCUT2D eigenvalue weighted by Gasteiger charge is 2.11. The normalized spacial score (nSPS) is 10.5. The van der Waals surface area contributed by atoms with E-state index in [-0.39, 0.29) is 17.2 Å². The molecule has 1 amide bonds. The largest absolute Gasteiger partial charge is 0.497 e. The molecule has 134 valence electrons. The van der Waals surface area contributed by atoms with Gasteiger partial charge in [-0.1, -0.05) is 0 Å². The van der Waals surface area contributed by atoms with Crippen LogP contribution in [0.4, 0.5) is 0 Å². The third-order valence-corrected chi connectivity index (χ3v) is 4.66. The van der Waals surface area contributed by atoms with E-state index in [1.807, 2.05) is 29.6 Å². The molecular weight excluding hydrogens is 352 g/mol. The van der Waals surface area contributed by atoms with Crippen LogP contribution in [0.3, 0.4) is 0 Å². The van der Waals surface area contributed by atoms with E-state index in [1.54, 1.807) is 14.0 Å². The summed E-state index contributed by atoms with van der Waals surface area (Å²) in [5.41, 5.74) is 1.73. The Balaban J connectivity index is 1.65. The van der Waals surface area contributed by atoms with Crippen molar-refractivity contribution in [3.63, 3.8) is 0 Å². The Kier molecular flexibility index (Phi) is 5.43. The molecule has 0 unspecified atom stereocenters. The molecule has 7 nitrogen and oxygen atoms in total. The first kappa shape index (κ1) is 17.8. The van der Waals surface area contributed by atoms with E-state index >= 15 is 0 Å². The maximum atomic E-state index is 12.2. The second kappa shape index (κ2) is 7.92. The number of amides is 1. The number of nitrogens with one attached hydrogen (secondary N) is 1. The Hall–Kier alpha value is -3.00. The van der Waals surface area contributed by atoms with Crippen molar-refractivity contribution in [1.29, 1.82) is 0 Å². The minimum atomic E-state index is -0.341. The molecule has 1 aromatic carbocycles. The third-order valence-electron chi connectivity index (χ3n) is 3.72. The molecule has 0 bridgehead atoms. The number of carbonyl (C=O) groups excluding carboxylic acids is 1. The Morgan fingerprint density at radius 1 is 1.23 bits per heavy atom. The standard InChI is InChI=1S/C18H18N4O3S/c1-3-22-16(23)9-8-15(21-22)17(24)19-10-13-11-26-18(20-13)12-4-6-14(25-2)7-5-12/h4-9,11H,3,10H2,1-2H3,(H,19,24). The lowest BCUT2D eigenvalue weighted by Gasteiger charge is -2.05. The number of nitrogens with zero attached hydrogens (tertiary/aromatic N) is 3. The molecule has 0 saturated heterocycles. The van der Waals surface area contributed by atoms with E-state index in [9.17, 15) is 9.59 Å². The van der Waals surface area contributed by atoms with Gasteiger partial charge in [-0.3, -0.25) is 9.59 Å². The molecule has 0 atom stereocenters. The molecule has 3 aromatic rings. The zero-order valence-electron chi connectivity index (χ0n) is 14.4. The molecular formula is C18H18N4O3S. The zero-order valence-corrected chi connectivity index (χ0v) is 15.2. The van der Waals surface area contributed by atoms with Crippen LogP contribution in [0.5, 0.6) is 5.75 Å². The van der Waals surface area contributed by atoms with Crippen LogP contribution in [0.15, 0.2) is 46.6 Å². The van der Waals surface area contributed by atoms with Gasteiger partial charge < -0.3 is 10.1 Å². The average molecular weight is 370 g/mol. The number of hydrogen-bond acceptors (Lipinski definition) is 6. The topological polar surface area (TPSA) is 86.1 Å². The van der Waals surface area contributed by atoms with Crippen LogP contribution in [0.25, 0.3) is 10.6 Å². The number of methoxy groups -OCH3 is 1. The highest BCUT2D eigenvalue weighted by atomic mass is 32.1. The molecule has 8 heteroatoms. The van der Waals surface area contributed by atoms with Crippen LogP contribution >= 0.6 is 11.3 Å². The van der Waals surface area contributed by atoms with Gasteiger partial charge in [-0.2, -0.15) is 5.10 Å². The van der Waals surface area contributed by atoms with Gasteiger partial charge in [-0.15, -0.1) is 11.3 Å². The molecule has 26 heavy (non-hydrogen) atoms. The average Bonchev–Trinajstić information content (AvgIpc) is 3.15. The lowest BCUT2D eigenvalue weighted by molar-refractivity contribution is 0.0943. The van der Waals surface area contributed by atoms with Crippen LogP contribution < -0.4 is 15.6 Å². The van der Waals surface area contributed by atoms with E-state index in [2.05, 4.69) is 15.4 Å². The van der Waals surface area contributed by atoms with Crippen LogP contribution in [0, 0.1) is 0 Å². The Morgan fingerprint density at radius 3 is 2.69 bits per heavy atom. The van der Waals surface area contributed by atoms with E-state index in [1.165, 1.54) is 28.2 Å². The Morgan fingerprint density at radius 2 is 2.00 bits per heavy atom. The zero-order chi connectivity index (χ0) is 18.5. The summed E-state index contributed by atoms with van der Waals surface area (Å²) in [4.78, 5) is 28.3. The van der Waals surface area contributed by atoms with Gasteiger partial charge in [-0.05, 0) is 37.3 Å². The van der Waals surface area contributed by atoms with E-state index in [0.29, 0.717) is 13.1 Å². The molecule has 0 spiro atoms. The summed E-state index contributed by atoms with van der Waals surface area (Å²) in [7, 11) is 1.63. The number of ether oxygens (including phenoxy) is 1. The predicted octanol–water partition coefficient (Wildman–Crippen LogP) is 2.33. The summed E-state index contributed by atoms with van der Waals surface area (Å²) in [6.07, 6.45) is 0. The summed E-state index contributed by atoms with van der Waals surface area (Å²) < 4.78 is 6.40. The second-order valence-corrected chi connectivity index (χ2v) is 6.29. The van der Waals surface area contributed by atoms with E-state index in [0.717, 1.165) is 22.0 Å². The molecule has 2 heterocycles. The van der Waals surface area contributed by atoms with Crippen molar-refractivity contribution in [1.82, 2.24) is 20.1 Å². The third kappa shape index (κ3) is 3.97. The molecule has 0 aliphatic heterocycles. The van der Waals surface area contributed by atoms with E-state index < -0.39 is 0 Å². The van der Waals surface area contributed by atoms with Crippen molar-refractivity contribution in [2.24, 2.45) is 0 Å². The monoisotopic (exact) mass is 370 g/mol. The maximum absolute atomic E-state index is 12.2. The molecule has 0 fully saturated rings. The van der Waals surface area contributed by atoms with Crippen LogP contribution in [-0.4, -0.2) is 27.8 Å². The molecule has 2 aromatic heterocycles. The van der Waals surface area contributed by atoms with Crippen molar-refractivity contribution < 1.29 is 9.53 Å². The van der Waals surface area contributed by atoms with Gasteiger partial charge in [0.1, 0.15) is 16.5 Å². The van der Waals surface area contributed by atoms with Gasteiger partial charge in [0.2, 0.25) is 0 Å². The van der Waals surface area contributed by atoms with Gasteiger partial charge in [-0.25, -0.2) is 9.67 Å². The molecule has 0 radical (unpaired) electrons. The number of aryl methyl sites for hydroxylation is 1. The summed E-state index contributed by atoms with van der Waals surface area (Å²) in [6, 6.07) is 10.4.